The second-order valence-corrected chi connectivity index (χ2v) is 8.02. The number of benzene rings is 2. The highest BCUT2D eigenvalue weighted by Gasteiger charge is 2.27. The van der Waals surface area contributed by atoms with Crippen LogP contribution in [-0.4, -0.2) is 29.6 Å². The topological polar surface area (TPSA) is 81.4 Å². The van der Waals surface area contributed by atoms with Crippen LogP contribution in [0.25, 0.3) is 10.9 Å². The number of ether oxygens (including phenoxy) is 1. The van der Waals surface area contributed by atoms with Gasteiger partial charge in [-0.2, -0.15) is 0 Å². The van der Waals surface area contributed by atoms with Gasteiger partial charge >= 0.3 is 0 Å². The summed E-state index contributed by atoms with van der Waals surface area (Å²) in [7, 11) is -2.39. The molecule has 0 spiro atoms. The molecule has 28 heavy (non-hydrogen) atoms. The summed E-state index contributed by atoms with van der Waals surface area (Å²) < 4.78 is 33.3. The molecule has 0 saturated carbocycles. The normalized spacial score (nSPS) is 12.8. The van der Waals surface area contributed by atoms with Crippen molar-refractivity contribution in [3.63, 3.8) is 0 Å². The van der Waals surface area contributed by atoms with E-state index < -0.39 is 16.1 Å². The first-order chi connectivity index (χ1) is 13.5. The zero-order valence-electron chi connectivity index (χ0n) is 15.1. The molecule has 0 aliphatic heterocycles. The number of fused-ring (bicyclic) bond motifs is 1. The zero-order chi connectivity index (χ0) is 19.7. The largest absolute Gasteiger partial charge is 0.497 e. The summed E-state index contributed by atoms with van der Waals surface area (Å²) in [5.74, 6) is 0.598. The van der Waals surface area contributed by atoms with Crippen molar-refractivity contribution in [3.8, 4) is 5.75 Å². The van der Waals surface area contributed by atoms with E-state index in [-0.39, 0.29) is 10.6 Å². The Balaban J connectivity index is 2.00. The van der Waals surface area contributed by atoms with E-state index in [1.54, 1.807) is 74.0 Å². The van der Waals surface area contributed by atoms with Crippen molar-refractivity contribution in [1.82, 2.24) is 8.96 Å². The molecule has 6 nitrogen and oxygen atoms in total. The van der Waals surface area contributed by atoms with Crippen molar-refractivity contribution in [2.45, 2.75) is 11.0 Å². The van der Waals surface area contributed by atoms with Gasteiger partial charge in [0.1, 0.15) is 11.9 Å². The van der Waals surface area contributed by atoms with Crippen LogP contribution in [0.3, 0.4) is 0 Å². The summed E-state index contributed by atoms with van der Waals surface area (Å²) in [5, 5.41) is 11.6. The molecule has 7 heteroatoms. The van der Waals surface area contributed by atoms with Crippen molar-refractivity contribution in [1.29, 1.82) is 0 Å². The minimum absolute atomic E-state index is 0.137. The van der Waals surface area contributed by atoms with Gasteiger partial charge in [0.05, 0.1) is 28.9 Å². The molecule has 2 heterocycles. The maximum Gasteiger partial charge on any atom is 0.268 e. The molecule has 0 aliphatic carbocycles. The number of aliphatic hydroxyl groups is 1. The lowest BCUT2D eigenvalue weighted by Gasteiger charge is -2.16. The van der Waals surface area contributed by atoms with Gasteiger partial charge in [-0.3, -0.25) is 4.98 Å². The molecule has 0 radical (unpaired) electrons. The molecule has 4 aromatic rings. The third kappa shape index (κ3) is 3.04. The Morgan fingerprint density at radius 2 is 1.75 bits per heavy atom. The predicted octanol–water partition coefficient (Wildman–Crippen LogP) is 3.36. The average Bonchev–Trinajstić information content (AvgIpc) is 3.13. The lowest BCUT2D eigenvalue weighted by atomic mass is 10.1. The van der Waals surface area contributed by atoms with Crippen LogP contribution < -0.4 is 4.74 Å². The van der Waals surface area contributed by atoms with E-state index in [9.17, 15) is 13.5 Å². The summed E-state index contributed by atoms with van der Waals surface area (Å²) in [6, 6.07) is 20.0. The van der Waals surface area contributed by atoms with E-state index in [1.807, 2.05) is 0 Å². The molecule has 142 valence electrons. The molecular formula is C21H18N2O4S. The molecule has 0 aliphatic rings. The molecule has 2 aromatic heterocycles. The second-order valence-electron chi connectivity index (χ2n) is 6.23. The number of hydrogen-bond donors (Lipinski definition) is 1. The SMILES string of the molecule is COc1ccc2c(c1)cc([C@H](O)c1ccccn1)n2S(=O)(=O)c1ccccc1. The number of pyridine rings is 1. The number of nitrogens with zero attached hydrogens (tertiary/aromatic N) is 2. The fourth-order valence-corrected chi connectivity index (χ4v) is 4.73. The molecule has 0 fully saturated rings. The van der Waals surface area contributed by atoms with Crippen molar-refractivity contribution < 1.29 is 18.3 Å². The lowest BCUT2D eigenvalue weighted by molar-refractivity contribution is 0.210. The molecular weight excluding hydrogens is 376 g/mol. The molecule has 0 unspecified atom stereocenters. The van der Waals surface area contributed by atoms with Crippen LogP contribution in [0.2, 0.25) is 0 Å². The lowest BCUT2D eigenvalue weighted by Crippen LogP contribution is -2.18. The van der Waals surface area contributed by atoms with Crippen LogP contribution in [-0.2, 0) is 10.0 Å². The van der Waals surface area contributed by atoms with Crippen molar-refractivity contribution in [3.05, 3.63) is 90.4 Å². The number of aliphatic hydroxyl groups excluding tert-OH is 1. The molecule has 0 bridgehead atoms. The molecule has 0 saturated heterocycles. The van der Waals surface area contributed by atoms with E-state index >= 15 is 0 Å². The zero-order valence-corrected chi connectivity index (χ0v) is 15.9. The Labute approximate surface area is 162 Å². The Kier molecular flexibility index (Phi) is 4.62. The predicted molar refractivity (Wildman–Crippen MR) is 106 cm³/mol. The van der Waals surface area contributed by atoms with Gasteiger partial charge in [0.2, 0.25) is 0 Å². The van der Waals surface area contributed by atoms with Crippen LogP contribution >= 0.6 is 0 Å². The van der Waals surface area contributed by atoms with Crippen LogP contribution in [0.5, 0.6) is 5.75 Å². The Morgan fingerprint density at radius 3 is 2.43 bits per heavy atom. The van der Waals surface area contributed by atoms with Crippen LogP contribution in [0, 0.1) is 0 Å². The summed E-state index contributed by atoms with van der Waals surface area (Å²) >= 11 is 0. The van der Waals surface area contributed by atoms with Crippen molar-refractivity contribution >= 4 is 20.9 Å². The minimum Gasteiger partial charge on any atom is -0.497 e. The first kappa shape index (κ1) is 18.2. The highest BCUT2D eigenvalue weighted by molar-refractivity contribution is 7.90. The van der Waals surface area contributed by atoms with E-state index in [0.29, 0.717) is 22.3 Å². The van der Waals surface area contributed by atoms with Gasteiger partial charge < -0.3 is 9.84 Å². The fraction of sp³-hybridized carbons (Fsp3) is 0.0952. The quantitative estimate of drug-likeness (QED) is 0.561. The second kappa shape index (κ2) is 7.10. The Hall–Kier alpha value is -3.16. The van der Waals surface area contributed by atoms with Gasteiger partial charge in [-0.1, -0.05) is 24.3 Å². The Bertz CT molecular complexity index is 1220. The highest BCUT2D eigenvalue weighted by Crippen LogP contribution is 2.33. The maximum atomic E-state index is 13.4. The molecule has 4 rings (SSSR count). The summed E-state index contributed by atoms with van der Waals surface area (Å²) in [6.45, 7) is 0. The number of hydrogen-bond acceptors (Lipinski definition) is 5. The van der Waals surface area contributed by atoms with Crippen molar-refractivity contribution in [2.24, 2.45) is 0 Å². The summed E-state index contributed by atoms with van der Waals surface area (Å²) in [4.78, 5) is 4.31. The fourth-order valence-electron chi connectivity index (χ4n) is 3.16. The third-order valence-electron chi connectivity index (χ3n) is 4.52. The van der Waals surface area contributed by atoms with Gasteiger partial charge in [0.25, 0.3) is 10.0 Å². The summed E-state index contributed by atoms with van der Waals surface area (Å²) in [6.07, 6.45) is 0.346. The van der Waals surface area contributed by atoms with Crippen LogP contribution in [0.4, 0.5) is 0 Å². The minimum atomic E-state index is -3.94. The molecule has 0 amide bonds. The van der Waals surface area contributed by atoms with Gasteiger partial charge in [-0.25, -0.2) is 12.4 Å². The van der Waals surface area contributed by atoms with Crippen LogP contribution in [0.1, 0.15) is 17.5 Å². The monoisotopic (exact) mass is 394 g/mol. The van der Waals surface area contributed by atoms with E-state index in [4.69, 9.17) is 4.74 Å². The first-order valence-corrected chi connectivity index (χ1v) is 10.1. The standard InChI is InChI=1S/C21H18N2O4S/c1-27-16-10-11-19-15(13-16)14-20(21(24)18-9-5-6-12-22-18)23(19)28(25,26)17-7-3-2-4-8-17/h2-14,21,24H,1H3/t21-/m1/s1. The van der Waals surface area contributed by atoms with Gasteiger partial charge in [0, 0.05) is 11.6 Å². The molecule has 1 atom stereocenters. The number of rotatable bonds is 5. The molecule has 1 N–H and O–H groups in total. The van der Waals surface area contributed by atoms with E-state index in [1.165, 1.54) is 16.1 Å². The van der Waals surface area contributed by atoms with Crippen LogP contribution in [0.15, 0.2) is 83.9 Å². The first-order valence-electron chi connectivity index (χ1n) is 8.61. The third-order valence-corrected chi connectivity index (χ3v) is 6.28. The van der Waals surface area contributed by atoms with E-state index in [0.717, 1.165) is 0 Å². The molecule has 2 aromatic carbocycles. The smallest absolute Gasteiger partial charge is 0.268 e. The maximum absolute atomic E-state index is 13.4. The van der Waals surface area contributed by atoms with E-state index in [2.05, 4.69) is 4.98 Å². The van der Waals surface area contributed by atoms with Crippen molar-refractivity contribution in [2.75, 3.05) is 7.11 Å². The Morgan fingerprint density at radius 1 is 1.00 bits per heavy atom. The number of methoxy groups -OCH3 is 1. The number of aromatic nitrogens is 2. The highest BCUT2D eigenvalue weighted by atomic mass is 32.2. The average molecular weight is 394 g/mol. The van der Waals surface area contributed by atoms with Gasteiger partial charge in [-0.15, -0.1) is 0 Å². The van der Waals surface area contributed by atoms with Gasteiger partial charge in [-0.05, 0) is 48.5 Å². The van der Waals surface area contributed by atoms with Gasteiger partial charge in [0.15, 0.2) is 0 Å². The summed E-state index contributed by atoms with van der Waals surface area (Å²) in [5.41, 5.74) is 1.03.